The molecule has 0 aliphatic rings. The van der Waals surface area contributed by atoms with Crippen molar-refractivity contribution in [3.8, 4) is 5.75 Å². The Balaban J connectivity index is 1.81. The first-order valence-electron chi connectivity index (χ1n) is 15.5. The fourth-order valence-electron chi connectivity index (χ4n) is 5.15. The molecule has 0 spiro atoms. The normalized spacial score (nSPS) is 12.2. The van der Waals surface area contributed by atoms with E-state index in [1.165, 1.54) is 41.3 Å². The minimum absolute atomic E-state index is 0.0515. The van der Waals surface area contributed by atoms with Gasteiger partial charge in [0.25, 0.3) is 10.0 Å². The van der Waals surface area contributed by atoms with Gasteiger partial charge in [0.1, 0.15) is 24.2 Å². The summed E-state index contributed by atoms with van der Waals surface area (Å²) in [5.74, 6) is -1.03. The van der Waals surface area contributed by atoms with E-state index in [9.17, 15) is 22.4 Å². The maximum absolute atomic E-state index is 14.5. The fraction of sp³-hybridized carbons (Fsp3) is 0.297. The molecule has 4 rings (SSSR count). The number of carbonyl (C=O) groups excluding carboxylic acids is 2. The average molecular weight is 660 g/mol. The summed E-state index contributed by atoms with van der Waals surface area (Å²) in [6.07, 6.45) is 0.197. The number of nitrogens with zero attached hydrogens (tertiary/aromatic N) is 2. The third-order valence-electron chi connectivity index (χ3n) is 7.32. The number of nitrogens with one attached hydrogen (secondary N) is 1. The number of aryl methyl sites for hydroxylation is 1. The zero-order valence-corrected chi connectivity index (χ0v) is 28.3. The Kier molecular flexibility index (Phi) is 11.4. The summed E-state index contributed by atoms with van der Waals surface area (Å²) >= 11 is 0. The fourth-order valence-corrected chi connectivity index (χ4v) is 6.57. The lowest BCUT2D eigenvalue weighted by Crippen LogP contribution is -2.56. The molecule has 4 aromatic rings. The Morgan fingerprint density at radius 2 is 1.51 bits per heavy atom. The summed E-state index contributed by atoms with van der Waals surface area (Å²) in [5.41, 5.74) is 2.09. The molecule has 0 radical (unpaired) electrons. The van der Waals surface area contributed by atoms with Crippen molar-refractivity contribution in [1.29, 1.82) is 0 Å². The molecular formula is C37H42FN3O5S. The van der Waals surface area contributed by atoms with Crippen molar-refractivity contribution in [3.05, 3.63) is 126 Å². The highest BCUT2D eigenvalue weighted by Crippen LogP contribution is 2.27. The van der Waals surface area contributed by atoms with E-state index in [1.807, 2.05) is 89.2 Å². The molecule has 0 bridgehead atoms. The molecule has 4 aromatic carbocycles. The number of hydrogen-bond donors (Lipinski definition) is 1. The molecule has 8 nitrogen and oxygen atoms in total. The lowest BCUT2D eigenvalue weighted by atomic mass is 10.0. The molecule has 2 amide bonds. The van der Waals surface area contributed by atoms with Gasteiger partial charge < -0.3 is 15.0 Å². The summed E-state index contributed by atoms with van der Waals surface area (Å²) in [7, 11) is -4.33. The van der Waals surface area contributed by atoms with Crippen LogP contribution in [0.4, 0.5) is 10.1 Å². The predicted octanol–water partition coefficient (Wildman–Crippen LogP) is 6.28. The van der Waals surface area contributed by atoms with E-state index in [4.69, 9.17) is 4.74 Å². The first kappa shape index (κ1) is 35.2. The van der Waals surface area contributed by atoms with Crippen molar-refractivity contribution in [2.75, 3.05) is 17.5 Å². The second kappa shape index (κ2) is 15.3. The zero-order valence-electron chi connectivity index (χ0n) is 27.4. The van der Waals surface area contributed by atoms with Crippen molar-refractivity contribution in [2.24, 2.45) is 0 Å². The number of rotatable bonds is 13. The Hall–Kier alpha value is -4.70. The quantitative estimate of drug-likeness (QED) is 0.182. The van der Waals surface area contributed by atoms with Crippen LogP contribution in [0.1, 0.15) is 44.4 Å². The van der Waals surface area contributed by atoms with Crippen molar-refractivity contribution < 1.29 is 27.1 Å². The first-order valence-corrected chi connectivity index (χ1v) is 16.9. The molecule has 248 valence electrons. The molecule has 0 saturated heterocycles. The predicted molar refractivity (Wildman–Crippen MR) is 182 cm³/mol. The topological polar surface area (TPSA) is 96.0 Å². The second-order valence-corrected chi connectivity index (χ2v) is 14.2. The molecule has 1 atom stereocenters. The SMILES string of the molecule is CCOc1ccc(S(=O)(=O)N(CC(=O)N(Cc2cccc(C)c2)C(Cc2ccccc2)C(=O)NC(C)(C)C)c2ccc(F)cc2)cc1. The smallest absolute Gasteiger partial charge is 0.264 e. The van der Waals surface area contributed by atoms with E-state index in [-0.39, 0.29) is 29.5 Å². The third-order valence-corrected chi connectivity index (χ3v) is 9.11. The van der Waals surface area contributed by atoms with Gasteiger partial charge in [-0.05, 0) is 94.3 Å². The summed E-state index contributed by atoms with van der Waals surface area (Å²) in [4.78, 5) is 29.9. The second-order valence-electron chi connectivity index (χ2n) is 12.3. The van der Waals surface area contributed by atoms with Gasteiger partial charge in [0.2, 0.25) is 11.8 Å². The lowest BCUT2D eigenvalue weighted by Gasteiger charge is -2.35. The van der Waals surface area contributed by atoms with E-state index in [1.54, 1.807) is 0 Å². The van der Waals surface area contributed by atoms with Gasteiger partial charge in [0.15, 0.2) is 0 Å². The number of benzene rings is 4. The van der Waals surface area contributed by atoms with E-state index in [0.29, 0.717) is 12.4 Å². The molecule has 47 heavy (non-hydrogen) atoms. The van der Waals surface area contributed by atoms with Gasteiger partial charge in [-0.25, -0.2) is 12.8 Å². The van der Waals surface area contributed by atoms with Crippen LogP contribution in [-0.4, -0.2) is 49.9 Å². The Morgan fingerprint density at radius 3 is 2.11 bits per heavy atom. The number of carbonyl (C=O) groups is 2. The minimum Gasteiger partial charge on any atom is -0.494 e. The van der Waals surface area contributed by atoms with Crippen molar-refractivity contribution in [2.45, 2.75) is 64.1 Å². The van der Waals surface area contributed by atoms with Crippen LogP contribution in [0.2, 0.25) is 0 Å². The van der Waals surface area contributed by atoms with Gasteiger partial charge in [-0.15, -0.1) is 0 Å². The zero-order chi connectivity index (χ0) is 34.2. The number of anilines is 1. The van der Waals surface area contributed by atoms with Crippen LogP contribution in [0.15, 0.2) is 108 Å². The standard InChI is InChI=1S/C37H42FN3O5S/c1-6-46-32-19-21-33(22-20-32)47(44,45)41(31-17-15-30(38)16-18-31)26-35(42)40(25-29-14-10-11-27(2)23-29)34(36(43)39-37(3,4)5)24-28-12-8-7-9-13-28/h7-23,34H,6,24-26H2,1-5H3,(H,39,43). The van der Waals surface area contributed by atoms with Crippen LogP contribution in [0, 0.1) is 12.7 Å². The number of halogens is 1. The average Bonchev–Trinajstić information content (AvgIpc) is 3.02. The number of ether oxygens (including phenoxy) is 1. The van der Waals surface area contributed by atoms with Gasteiger partial charge in [-0.2, -0.15) is 0 Å². The lowest BCUT2D eigenvalue weighted by molar-refractivity contribution is -0.140. The molecule has 0 aliphatic carbocycles. The maximum Gasteiger partial charge on any atom is 0.264 e. The third kappa shape index (κ3) is 9.65. The van der Waals surface area contributed by atoms with Gasteiger partial charge in [0, 0.05) is 18.5 Å². The highest BCUT2D eigenvalue weighted by Gasteiger charge is 2.35. The minimum atomic E-state index is -4.33. The van der Waals surface area contributed by atoms with Crippen LogP contribution in [0.3, 0.4) is 0 Å². The molecule has 1 unspecified atom stereocenters. The summed E-state index contributed by atoms with van der Waals surface area (Å²) in [5, 5.41) is 3.02. The molecule has 0 aliphatic heterocycles. The van der Waals surface area contributed by atoms with E-state index in [0.717, 1.165) is 33.1 Å². The van der Waals surface area contributed by atoms with E-state index in [2.05, 4.69) is 5.32 Å². The Morgan fingerprint density at radius 1 is 0.872 bits per heavy atom. The maximum atomic E-state index is 14.5. The van der Waals surface area contributed by atoms with E-state index >= 15 is 0 Å². The van der Waals surface area contributed by atoms with Crippen molar-refractivity contribution >= 4 is 27.5 Å². The number of sulfonamides is 1. The molecular weight excluding hydrogens is 617 g/mol. The molecule has 0 heterocycles. The number of hydrogen-bond acceptors (Lipinski definition) is 5. The first-order chi connectivity index (χ1) is 22.3. The Bertz CT molecular complexity index is 1760. The van der Waals surface area contributed by atoms with Gasteiger partial charge in [-0.3, -0.25) is 13.9 Å². The van der Waals surface area contributed by atoms with E-state index < -0.39 is 39.9 Å². The molecule has 0 aromatic heterocycles. The molecule has 0 saturated carbocycles. The van der Waals surface area contributed by atoms with Gasteiger partial charge in [0.05, 0.1) is 17.2 Å². The highest BCUT2D eigenvalue weighted by molar-refractivity contribution is 7.92. The van der Waals surface area contributed by atoms with Gasteiger partial charge in [-0.1, -0.05) is 60.2 Å². The van der Waals surface area contributed by atoms with Crippen LogP contribution in [0.25, 0.3) is 0 Å². The monoisotopic (exact) mass is 659 g/mol. The molecule has 10 heteroatoms. The van der Waals surface area contributed by atoms with Crippen LogP contribution in [0.5, 0.6) is 5.75 Å². The van der Waals surface area contributed by atoms with Gasteiger partial charge >= 0.3 is 0 Å². The highest BCUT2D eigenvalue weighted by atomic mass is 32.2. The van der Waals surface area contributed by atoms with Crippen molar-refractivity contribution in [3.63, 3.8) is 0 Å². The van der Waals surface area contributed by atoms with Crippen LogP contribution >= 0.6 is 0 Å². The molecule has 1 N–H and O–H groups in total. The van der Waals surface area contributed by atoms with Crippen LogP contribution in [-0.2, 0) is 32.6 Å². The molecule has 0 fully saturated rings. The van der Waals surface area contributed by atoms with Crippen molar-refractivity contribution in [1.82, 2.24) is 10.2 Å². The summed E-state index contributed by atoms with van der Waals surface area (Å²) in [6, 6.07) is 26.8. The van der Waals surface area contributed by atoms with Crippen LogP contribution < -0.4 is 14.4 Å². The Labute approximate surface area is 277 Å². The summed E-state index contributed by atoms with van der Waals surface area (Å²) < 4.78 is 48.8. The number of amides is 2. The summed E-state index contributed by atoms with van der Waals surface area (Å²) in [6.45, 7) is 9.15. The largest absolute Gasteiger partial charge is 0.494 e.